The number of aromatic nitrogens is 2. The zero-order chi connectivity index (χ0) is 16.4. The summed E-state index contributed by atoms with van der Waals surface area (Å²) in [5.74, 6) is 0.151. The Balaban J connectivity index is 1.92. The molecule has 0 aliphatic heterocycles. The number of carbonyl (C=O) groups excluding carboxylic acids is 1. The zero-order valence-corrected chi connectivity index (χ0v) is 13.4. The molecule has 1 aromatic heterocycles. The van der Waals surface area contributed by atoms with Crippen molar-refractivity contribution in [3.8, 4) is 11.4 Å². The van der Waals surface area contributed by atoms with E-state index in [1.807, 2.05) is 63.2 Å². The second kappa shape index (κ2) is 6.08. The van der Waals surface area contributed by atoms with Crippen molar-refractivity contribution in [1.29, 1.82) is 0 Å². The molecular formula is C19H18N2O2. The third-order valence-corrected chi connectivity index (χ3v) is 3.73. The average molecular weight is 306 g/mol. The van der Waals surface area contributed by atoms with Gasteiger partial charge in [-0.25, -0.2) is 9.48 Å². The van der Waals surface area contributed by atoms with E-state index in [1.165, 1.54) is 0 Å². The van der Waals surface area contributed by atoms with Gasteiger partial charge in [0.15, 0.2) is 0 Å². The molecule has 0 saturated carbocycles. The Bertz CT molecular complexity index is 834. The molecule has 0 radical (unpaired) electrons. The molecule has 1 heterocycles. The number of rotatable bonds is 3. The third-order valence-electron chi connectivity index (χ3n) is 3.73. The Hall–Kier alpha value is -2.88. The molecule has 2 aromatic carbocycles. The van der Waals surface area contributed by atoms with Gasteiger partial charge in [0.05, 0.1) is 17.1 Å². The minimum absolute atomic E-state index is 0.383. The van der Waals surface area contributed by atoms with Crippen molar-refractivity contribution in [3.05, 3.63) is 77.1 Å². The summed E-state index contributed by atoms with van der Waals surface area (Å²) in [5, 5.41) is 4.47. The Labute approximate surface area is 135 Å². The minimum Gasteiger partial charge on any atom is -0.423 e. The largest absolute Gasteiger partial charge is 0.423 e. The van der Waals surface area contributed by atoms with E-state index in [1.54, 1.807) is 16.8 Å². The molecular weight excluding hydrogens is 288 g/mol. The molecule has 4 heteroatoms. The quantitative estimate of drug-likeness (QED) is 0.542. The van der Waals surface area contributed by atoms with Crippen molar-refractivity contribution < 1.29 is 9.53 Å². The molecule has 0 atom stereocenters. The Morgan fingerprint density at radius 3 is 2.26 bits per heavy atom. The van der Waals surface area contributed by atoms with Crippen LogP contribution in [0.2, 0.25) is 0 Å². The monoisotopic (exact) mass is 306 g/mol. The van der Waals surface area contributed by atoms with Gasteiger partial charge in [-0.05, 0) is 45.0 Å². The van der Waals surface area contributed by atoms with Crippen LogP contribution in [0, 0.1) is 20.8 Å². The number of carbonyl (C=O) groups is 1. The van der Waals surface area contributed by atoms with Crippen LogP contribution in [0.25, 0.3) is 5.69 Å². The van der Waals surface area contributed by atoms with Gasteiger partial charge in [0.2, 0.25) is 0 Å². The lowest BCUT2D eigenvalue weighted by molar-refractivity contribution is 0.0733. The van der Waals surface area contributed by atoms with Gasteiger partial charge in [0.1, 0.15) is 11.3 Å². The van der Waals surface area contributed by atoms with Crippen LogP contribution in [0.15, 0.2) is 54.6 Å². The van der Waals surface area contributed by atoms with Crippen LogP contribution in [0.4, 0.5) is 0 Å². The van der Waals surface area contributed by atoms with E-state index in [2.05, 4.69) is 5.10 Å². The van der Waals surface area contributed by atoms with Gasteiger partial charge in [-0.2, -0.15) is 5.10 Å². The molecule has 3 aromatic rings. The van der Waals surface area contributed by atoms with Gasteiger partial charge in [-0.15, -0.1) is 0 Å². The molecule has 0 aliphatic rings. The lowest BCUT2D eigenvalue weighted by atomic mass is 10.2. The molecule has 116 valence electrons. The normalized spacial score (nSPS) is 10.6. The van der Waals surface area contributed by atoms with Crippen LogP contribution in [0.1, 0.15) is 27.3 Å². The van der Waals surface area contributed by atoms with Gasteiger partial charge in [-0.3, -0.25) is 0 Å². The summed E-state index contributed by atoms with van der Waals surface area (Å²) in [5.41, 5.74) is 3.97. The Kier molecular flexibility index (Phi) is 3.98. The van der Waals surface area contributed by atoms with E-state index in [0.717, 1.165) is 16.9 Å². The maximum Gasteiger partial charge on any atom is 0.347 e. The second-order valence-electron chi connectivity index (χ2n) is 5.50. The van der Waals surface area contributed by atoms with Crippen LogP contribution in [0.3, 0.4) is 0 Å². The van der Waals surface area contributed by atoms with Crippen molar-refractivity contribution in [1.82, 2.24) is 9.78 Å². The van der Waals surface area contributed by atoms with Gasteiger partial charge in [0, 0.05) is 0 Å². The Morgan fingerprint density at radius 2 is 1.61 bits per heavy atom. The van der Waals surface area contributed by atoms with E-state index in [4.69, 9.17) is 4.74 Å². The smallest absolute Gasteiger partial charge is 0.347 e. The highest BCUT2D eigenvalue weighted by Crippen LogP contribution is 2.20. The van der Waals surface area contributed by atoms with Crippen molar-refractivity contribution in [2.75, 3.05) is 0 Å². The summed E-state index contributed by atoms with van der Waals surface area (Å²) in [6.07, 6.45) is 0. The number of hydrogen-bond donors (Lipinski definition) is 0. The molecule has 0 aliphatic carbocycles. The first-order chi connectivity index (χ1) is 11.1. The fourth-order valence-electron chi connectivity index (χ4n) is 2.52. The minimum atomic E-state index is -0.383. The molecule has 0 bridgehead atoms. The van der Waals surface area contributed by atoms with E-state index < -0.39 is 0 Å². The van der Waals surface area contributed by atoms with Crippen molar-refractivity contribution in [2.45, 2.75) is 20.8 Å². The molecule has 4 nitrogen and oxygen atoms in total. The number of aryl methyl sites for hydroxylation is 2. The number of nitrogens with zero attached hydrogens (tertiary/aromatic N) is 2. The standard InChI is InChI=1S/C19H18N2O2/c1-13-9-11-17(12-10-13)23-19(22)18-14(2)20-21(15(18)3)16-7-5-4-6-8-16/h4-12H,1-3H3. The SMILES string of the molecule is Cc1ccc(OC(=O)c2c(C)nn(-c3ccccc3)c2C)cc1. The van der Waals surface area contributed by atoms with Crippen LogP contribution < -0.4 is 4.74 Å². The molecule has 0 saturated heterocycles. The maximum atomic E-state index is 12.5. The average Bonchev–Trinajstić information content (AvgIpc) is 2.85. The van der Waals surface area contributed by atoms with Crippen molar-refractivity contribution in [2.24, 2.45) is 0 Å². The first-order valence-electron chi connectivity index (χ1n) is 7.47. The molecule has 0 N–H and O–H groups in total. The van der Waals surface area contributed by atoms with Crippen LogP contribution in [-0.2, 0) is 0 Å². The summed E-state index contributed by atoms with van der Waals surface area (Å²) >= 11 is 0. The summed E-state index contributed by atoms with van der Waals surface area (Å²) < 4.78 is 7.24. The topological polar surface area (TPSA) is 44.1 Å². The van der Waals surface area contributed by atoms with Gasteiger partial charge < -0.3 is 4.74 Å². The van der Waals surface area contributed by atoms with Crippen LogP contribution in [-0.4, -0.2) is 15.7 Å². The van der Waals surface area contributed by atoms with Crippen molar-refractivity contribution >= 4 is 5.97 Å². The number of esters is 1. The molecule has 0 unspecified atom stereocenters. The summed E-state index contributed by atoms with van der Waals surface area (Å²) in [4.78, 5) is 12.5. The number of para-hydroxylation sites is 1. The summed E-state index contributed by atoms with van der Waals surface area (Å²) in [6, 6.07) is 17.1. The highest BCUT2D eigenvalue weighted by atomic mass is 16.5. The molecule has 0 fully saturated rings. The molecule has 23 heavy (non-hydrogen) atoms. The van der Waals surface area contributed by atoms with Gasteiger partial charge in [-0.1, -0.05) is 35.9 Å². The number of ether oxygens (including phenoxy) is 1. The van der Waals surface area contributed by atoms with E-state index in [-0.39, 0.29) is 5.97 Å². The van der Waals surface area contributed by atoms with Gasteiger partial charge >= 0.3 is 5.97 Å². The fourth-order valence-corrected chi connectivity index (χ4v) is 2.52. The molecule has 3 rings (SSSR count). The van der Waals surface area contributed by atoms with Gasteiger partial charge in [0.25, 0.3) is 0 Å². The summed E-state index contributed by atoms with van der Waals surface area (Å²) in [7, 11) is 0. The lowest BCUT2D eigenvalue weighted by Gasteiger charge is -2.06. The fraction of sp³-hybridized carbons (Fsp3) is 0.158. The predicted molar refractivity (Wildman–Crippen MR) is 89.2 cm³/mol. The molecule has 0 spiro atoms. The number of benzene rings is 2. The highest BCUT2D eigenvalue weighted by Gasteiger charge is 2.21. The summed E-state index contributed by atoms with van der Waals surface area (Å²) in [6.45, 7) is 5.68. The molecule has 0 amide bonds. The van der Waals surface area contributed by atoms with Crippen LogP contribution in [0.5, 0.6) is 5.75 Å². The van der Waals surface area contributed by atoms with E-state index >= 15 is 0 Å². The van der Waals surface area contributed by atoms with E-state index in [9.17, 15) is 4.79 Å². The first kappa shape index (κ1) is 15.0. The highest BCUT2D eigenvalue weighted by molar-refractivity contribution is 5.93. The van der Waals surface area contributed by atoms with Crippen molar-refractivity contribution in [3.63, 3.8) is 0 Å². The Morgan fingerprint density at radius 1 is 0.957 bits per heavy atom. The number of hydrogen-bond acceptors (Lipinski definition) is 3. The first-order valence-corrected chi connectivity index (χ1v) is 7.47. The van der Waals surface area contributed by atoms with Crippen LogP contribution >= 0.6 is 0 Å². The lowest BCUT2D eigenvalue weighted by Crippen LogP contribution is -2.11. The third kappa shape index (κ3) is 3.01. The van der Waals surface area contributed by atoms with E-state index in [0.29, 0.717) is 17.0 Å². The maximum absolute atomic E-state index is 12.5. The predicted octanol–water partition coefficient (Wildman–Crippen LogP) is 4.02. The zero-order valence-electron chi connectivity index (χ0n) is 13.4. The second-order valence-corrected chi connectivity index (χ2v) is 5.50.